The molecule has 3 heteroatoms. The van der Waals surface area contributed by atoms with E-state index in [1.165, 1.54) is 5.56 Å². The normalized spacial score (nSPS) is 11.9. The summed E-state index contributed by atoms with van der Waals surface area (Å²) in [5.41, 5.74) is 1.29. The van der Waals surface area contributed by atoms with Crippen molar-refractivity contribution in [3.05, 3.63) is 29.8 Å². The minimum Gasteiger partial charge on any atom is -0.520 e. The summed E-state index contributed by atoms with van der Waals surface area (Å²) in [6.45, 7) is 11.5. The molecule has 1 aromatic rings. The maximum absolute atomic E-state index is 6.15. The molecule has 0 saturated heterocycles. The summed E-state index contributed by atoms with van der Waals surface area (Å²) in [4.78, 5) is 0. The fraction of sp³-hybridized carbons (Fsp3) is 0.600. The lowest BCUT2D eigenvalue weighted by Crippen LogP contribution is -2.39. The lowest BCUT2D eigenvalue weighted by Gasteiger charge is -2.26. The first-order chi connectivity index (χ1) is 8.44. The molecular weight excluding hydrogens is 240 g/mol. The highest BCUT2D eigenvalue weighted by Gasteiger charge is 2.27. The Morgan fingerprint density at radius 1 is 1.17 bits per heavy atom. The zero-order valence-corrected chi connectivity index (χ0v) is 13.3. The first-order valence-corrected chi connectivity index (χ1v) is 9.67. The molecule has 0 aromatic heterocycles. The van der Waals surface area contributed by atoms with Crippen LogP contribution in [0.1, 0.15) is 32.8 Å². The van der Waals surface area contributed by atoms with Crippen molar-refractivity contribution in [3.63, 3.8) is 0 Å². The van der Waals surface area contributed by atoms with Gasteiger partial charge in [-0.15, -0.1) is 0 Å². The van der Waals surface area contributed by atoms with E-state index >= 15 is 0 Å². The number of benzene rings is 1. The van der Waals surface area contributed by atoms with E-state index < -0.39 is 8.56 Å². The van der Waals surface area contributed by atoms with Crippen LogP contribution in [-0.2, 0) is 10.8 Å². The van der Waals surface area contributed by atoms with Gasteiger partial charge in [-0.05, 0) is 37.1 Å². The van der Waals surface area contributed by atoms with E-state index in [0.29, 0.717) is 5.92 Å². The number of hydrogen-bond acceptors (Lipinski definition) is 2. The Balaban J connectivity index is 2.70. The van der Waals surface area contributed by atoms with E-state index in [0.717, 1.165) is 25.2 Å². The topological polar surface area (TPSA) is 18.5 Å². The lowest BCUT2D eigenvalue weighted by atomic mass is 10.1. The summed E-state index contributed by atoms with van der Waals surface area (Å²) in [7, 11) is -2.07. The van der Waals surface area contributed by atoms with Crippen LogP contribution in [0.25, 0.3) is 0 Å². The highest BCUT2D eigenvalue weighted by molar-refractivity contribution is 6.65. The molecule has 102 valence electrons. The Morgan fingerprint density at radius 2 is 1.83 bits per heavy atom. The molecule has 18 heavy (non-hydrogen) atoms. The van der Waals surface area contributed by atoms with Crippen molar-refractivity contribution >= 4 is 8.56 Å². The molecule has 0 amide bonds. The lowest BCUT2D eigenvalue weighted by molar-refractivity contribution is 0.215. The summed E-state index contributed by atoms with van der Waals surface area (Å²) >= 11 is 0. The summed E-state index contributed by atoms with van der Waals surface area (Å²) in [5, 5.41) is 0. The SMILES string of the molecule is CCCc1ccccc1O[Si](C)(C)OCC(C)C. The number of para-hydroxylation sites is 1. The fourth-order valence-corrected chi connectivity index (χ4v) is 3.26. The third-order valence-electron chi connectivity index (χ3n) is 2.61. The van der Waals surface area contributed by atoms with E-state index in [1.807, 2.05) is 6.07 Å². The van der Waals surface area contributed by atoms with Gasteiger partial charge in [0.1, 0.15) is 5.75 Å². The van der Waals surface area contributed by atoms with Gasteiger partial charge >= 0.3 is 8.56 Å². The van der Waals surface area contributed by atoms with Crippen LogP contribution in [0.5, 0.6) is 5.75 Å². The summed E-state index contributed by atoms with van der Waals surface area (Å²) in [6, 6.07) is 8.30. The predicted molar refractivity (Wildman–Crippen MR) is 79.3 cm³/mol. The van der Waals surface area contributed by atoms with Crippen LogP contribution in [0.15, 0.2) is 24.3 Å². The largest absolute Gasteiger partial charge is 0.520 e. The Kier molecular flexibility index (Phi) is 5.89. The molecule has 0 spiro atoms. The molecule has 0 bridgehead atoms. The van der Waals surface area contributed by atoms with Crippen LogP contribution >= 0.6 is 0 Å². The Morgan fingerprint density at radius 3 is 2.44 bits per heavy atom. The molecule has 0 aliphatic heterocycles. The van der Waals surface area contributed by atoms with Crippen molar-refractivity contribution in [1.82, 2.24) is 0 Å². The zero-order valence-electron chi connectivity index (χ0n) is 12.3. The molecular formula is C15H26O2Si. The van der Waals surface area contributed by atoms with E-state index in [4.69, 9.17) is 8.85 Å². The van der Waals surface area contributed by atoms with Crippen LogP contribution in [-0.4, -0.2) is 15.2 Å². The first-order valence-electron chi connectivity index (χ1n) is 6.85. The summed E-state index contributed by atoms with van der Waals surface area (Å²) in [5.74, 6) is 1.55. The van der Waals surface area contributed by atoms with Crippen LogP contribution in [0, 0.1) is 5.92 Å². The molecule has 0 atom stereocenters. The first kappa shape index (κ1) is 15.3. The van der Waals surface area contributed by atoms with Gasteiger partial charge in [0.2, 0.25) is 0 Å². The van der Waals surface area contributed by atoms with Gasteiger partial charge in [0.15, 0.2) is 0 Å². The average Bonchev–Trinajstić information content (AvgIpc) is 2.29. The van der Waals surface area contributed by atoms with Gasteiger partial charge in [-0.1, -0.05) is 45.4 Å². The number of aryl methyl sites for hydroxylation is 1. The molecule has 1 aromatic carbocycles. The maximum Gasteiger partial charge on any atom is 0.392 e. The molecule has 0 unspecified atom stereocenters. The van der Waals surface area contributed by atoms with E-state index in [2.05, 4.69) is 52.1 Å². The molecule has 0 fully saturated rings. The third kappa shape index (κ3) is 5.23. The number of hydrogen-bond donors (Lipinski definition) is 0. The highest BCUT2D eigenvalue weighted by atomic mass is 28.4. The van der Waals surface area contributed by atoms with Crippen molar-refractivity contribution in [2.75, 3.05) is 6.61 Å². The van der Waals surface area contributed by atoms with E-state index in [9.17, 15) is 0 Å². The summed E-state index contributed by atoms with van der Waals surface area (Å²) in [6.07, 6.45) is 2.19. The van der Waals surface area contributed by atoms with E-state index in [1.54, 1.807) is 0 Å². The Bertz CT molecular complexity index is 361. The second-order valence-electron chi connectivity index (χ2n) is 5.56. The van der Waals surface area contributed by atoms with Crippen molar-refractivity contribution < 1.29 is 8.85 Å². The van der Waals surface area contributed by atoms with Crippen LogP contribution < -0.4 is 4.43 Å². The van der Waals surface area contributed by atoms with Crippen molar-refractivity contribution in [2.45, 2.75) is 46.7 Å². The van der Waals surface area contributed by atoms with E-state index in [-0.39, 0.29) is 0 Å². The van der Waals surface area contributed by atoms with Crippen molar-refractivity contribution in [1.29, 1.82) is 0 Å². The Hall–Kier alpha value is -0.803. The standard InChI is InChI=1S/C15H26O2Si/c1-6-9-14-10-7-8-11-15(14)17-18(4,5)16-12-13(2)3/h7-8,10-11,13H,6,9,12H2,1-5H3. The average molecular weight is 266 g/mol. The molecule has 0 N–H and O–H groups in total. The number of rotatable bonds is 7. The molecule has 0 radical (unpaired) electrons. The zero-order chi connectivity index (χ0) is 13.6. The van der Waals surface area contributed by atoms with Gasteiger partial charge in [-0.25, -0.2) is 0 Å². The monoisotopic (exact) mass is 266 g/mol. The van der Waals surface area contributed by atoms with Gasteiger partial charge in [0.05, 0.1) is 0 Å². The molecule has 0 aliphatic rings. The van der Waals surface area contributed by atoms with Gasteiger partial charge < -0.3 is 8.85 Å². The molecule has 0 aliphatic carbocycles. The van der Waals surface area contributed by atoms with Crippen LogP contribution in [0.2, 0.25) is 13.1 Å². The fourth-order valence-electron chi connectivity index (χ4n) is 1.74. The Labute approximate surface area is 113 Å². The smallest absolute Gasteiger partial charge is 0.392 e. The van der Waals surface area contributed by atoms with Gasteiger partial charge in [-0.2, -0.15) is 0 Å². The second kappa shape index (κ2) is 6.95. The third-order valence-corrected chi connectivity index (χ3v) is 4.19. The quantitative estimate of drug-likeness (QED) is 0.681. The van der Waals surface area contributed by atoms with Crippen LogP contribution in [0.3, 0.4) is 0 Å². The maximum atomic E-state index is 6.15. The highest BCUT2D eigenvalue weighted by Crippen LogP contribution is 2.23. The van der Waals surface area contributed by atoms with Crippen molar-refractivity contribution in [2.24, 2.45) is 5.92 Å². The minimum atomic E-state index is -2.07. The molecule has 0 saturated carbocycles. The van der Waals surface area contributed by atoms with Gasteiger partial charge in [-0.3, -0.25) is 0 Å². The van der Waals surface area contributed by atoms with Gasteiger partial charge in [0, 0.05) is 6.61 Å². The predicted octanol–water partition coefficient (Wildman–Crippen LogP) is 4.39. The second-order valence-corrected chi connectivity index (χ2v) is 8.86. The molecule has 0 heterocycles. The van der Waals surface area contributed by atoms with Crippen molar-refractivity contribution in [3.8, 4) is 5.75 Å². The molecule has 1 rings (SSSR count). The van der Waals surface area contributed by atoms with Crippen LogP contribution in [0.4, 0.5) is 0 Å². The molecule has 2 nitrogen and oxygen atoms in total. The minimum absolute atomic E-state index is 0.547. The summed E-state index contributed by atoms with van der Waals surface area (Å²) < 4.78 is 12.1. The van der Waals surface area contributed by atoms with Gasteiger partial charge in [0.25, 0.3) is 0 Å².